The van der Waals surface area contributed by atoms with Crippen molar-refractivity contribution in [2.24, 2.45) is 5.73 Å². The fourth-order valence-corrected chi connectivity index (χ4v) is 1.04. The van der Waals surface area contributed by atoms with E-state index >= 15 is 0 Å². The number of nitrogens with two attached hydrogens (primary N) is 1. The van der Waals surface area contributed by atoms with Gasteiger partial charge in [0.1, 0.15) is 6.04 Å². The lowest BCUT2D eigenvalue weighted by Gasteiger charge is -2.14. The molecule has 0 aromatic carbocycles. The normalized spacial score (nSPS) is 14.9. The van der Waals surface area contributed by atoms with E-state index in [1.54, 1.807) is 25.3 Å². The molecular formula is C9H12N2O2. The van der Waals surface area contributed by atoms with Gasteiger partial charge in [0.2, 0.25) is 0 Å². The number of carbonyl (C=O) groups is 1. The second-order valence-corrected chi connectivity index (χ2v) is 2.91. The molecule has 70 valence electrons. The monoisotopic (exact) mass is 180 g/mol. The van der Waals surface area contributed by atoms with Crippen LogP contribution >= 0.6 is 0 Å². The maximum Gasteiger partial charge on any atom is 0.321 e. The number of aromatic nitrogens is 1. The molecule has 0 saturated heterocycles. The summed E-state index contributed by atoms with van der Waals surface area (Å²) in [4.78, 5) is 14.6. The molecule has 1 aromatic rings. The number of rotatable bonds is 3. The van der Waals surface area contributed by atoms with Gasteiger partial charge in [-0.1, -0.05) is 13.0 Å². The Bertz CT molecular complexity index is 287. The predicted octanol–water partition coefficient (Wildman–Crippen LogP) is 0.597. The van der Waals surface area contributed by atoms with Gasteiger partial charge in [0.05, 0.1) is 0 Å². The average Bonchev–Trinajstić information content (AvgIpc) is 2.17. The van der Waals surface area contributed by atoms with Crippen LogP contribution in [0.25, 0.3) is 0 Å². The van der Waals surface area contributed by atoms with Crippen LogP contribution in [0.3, 0.4) is 0 Å². The molecule has 0 aliphatic heterocycles. The van der Waals surface area contributed by atoms with Gasteiger partial charge in [0.25, 0.3) is 0 Å². The Hall–Kier alpha value is -1.42. The number of aliphatic carboxylic acids is 1. The fraction of sp³-hybridized carbons (Fsp3) is 0.333. The molecule has 0 fully saturated rings. The lowest BCUT2D eigenvalue weighted by atomic mass is 9.99. The molecule has 1 aromatic heterocycles. The summed E-state index contributed by atoms with van der Waals surface area (Å²) >= 11 is 0. The van der Waals surface area contributed by atoms with Crippen LogP contribution in [0.15, 0.2) is 24.4 Å². The summed E-state index contributed by atoms with van der Waals surface area (Å²) in [6, 6.07) is 4.47. The summed E-state index contributed by atoms with van der Waals surface area (Å²) in [5.41, 5.74) is 6.16. The Morgan fingerprint density at radius 1 is 1.62 bits per heavy atom. The zero-order chi connectivity index (χ0) is 9.84. The minimum atomic E-state index is -1.00. The highest BCUT2D eigenvalue weighted by Gasteiger charge is 2.21. The van der Waals surface area contributed by atoms with Gasteiger partial charge in [0, 0.05) is 17.8 Å². The summed E-state index contributed by atoms with van der Waals surface area (Å²) in [5.74, 6) is -1.27. The first-order chi connectivity index (χ1) is 6.13. The smallest absolute Gasteiger partial charge is 0.321 e. The van der Waals surface area contributed by atoms with Gasteiger partial charge in [-0.25, -0.2) is 0 Å². The van der Waals surface area contributed by atoms with Crippen LogP contribution in [0.2, 0.25) is 0 Å². The molecule has 2 atom stereocenters. The molecule has 0 aliphatic rings. The van der Waals surface area contributed by atoms with Crippen LogP contribution in [0.5, 0.6) is 0 Å². The van der Waals surface area contributed by atoms with E-state index < -0.39 is 12.0 Å². The van der Waals surface area contributed by atoms with E-state index in [9.17, 15) is 4.79 Å². The van der Waals surface area contributed by atoms with Gasteiger partial charge in [-0.2, -0.15) is 0 Å². The van der Waals surface area contributed by atoms with Gasteiger partial charge in [0.15, 0.2) is 0 Å². The first-order valence-electron chi connectivity index (χ1n) is 4.02. The van der Waals surface area contributed by atoms with Crippen molar-refractivity contribution in [3.05, 3.63) is 30.1 Å². The Kier molecular flexibility index (Phi) is 2.97. The number of hydrogen-bond donors (Lipinski definition) is 2. The van der Waals surface area contributed by atoms with Gasteiger partial charge >= 0.3 is 5.97 Å². The molecule has 0 radical (unpaired) electrons. The third-order valence-corrected chi connectivity index (χ3v) is 1.98. The second kappa shape index (κ2) is 4.00. The quantitative estimate of drug-likeness (QED) is 0.714. The number of carboxylic acids is 1. The van der Waals surface area contributed by atoms with Crippen molar-refractivity contribution in [3.8, 4) is 0 Å². The molecule has 2 unspecified atom stereocenters. The van der Waals surface area contributed by atoms with Crippen LogP contribution in [0.1, 0.15) is 18.5 Å². The Morgan fingerprint density at radius 3 is 2.77 bits per heavy atom. The number of hydrogen-bond acceptors (Lipinski definition) is 3. The molecule has 0 spiro atoms. The zero-order valence-electron chi connectivity index (χ0n) is 7.34. The maximum absolute atomic E-state index is 10.6. The standard InChI is InChI=1S/C9H12N2O2/c1-6(8(10)9(12)13)7-4-2-3-5-11-7/h2-6,8H,10H2,1H3,(H,12,13). The lowest BCUT2D eigenvalue weighted by Crippen LogP contribution is -2.35. The summed E-state index contributed by atoms with van der Waals surface area (Å²) in [7, 11) is 0. The summed E-state index contributed by atoms with van der Waals surface area (Å²) in [5, 5.41) is 8.66. The minimum Gasteiger partial charge on any atom is -0.480 e. The fourth-order valence-electron chi connectivity index (χ4n) is 1.04. The van der Waals surface area contributed by atoms with Gasteiger partial charge < -0.3 is 10.8 Å². The van der Waals surface area contributed by atoms with Gasteiger partial charge in [-0.3, -0.25) is 9.78 Å². The van der Waals surface area contributed by atoms with Crippen molar-refractivity contribution in [1.29, 1.82) is 0 Å². The van der Waals surface area contributed by atoms with E-state index in [2.05, 4.69) is 4.98 Å². The molecule has 13 heavy (non-hydrogen) atoms. The molecule has 3 N–H and O–H groups in total. The Morgan fingerprint density at radius 2 is 2.31 bits per heavy atom. The van der Waals surface area contributed by atoms with Crippen LogP contribution in [-0.4, -0.2) is 22.1 Å². The summed E-state index contributed by atoms with van der Waals surface area (Å²) < 4.78 is 0. The van der Waals surface area contributed by atoms with Crippen LogP contribution in [-0.2, 0) is 4.79 Å². The summed E-state index contributed by atoms with van der Waals surface area (Å²) in [6.45, 7) is 1.75. The van der Waals surface area contributed by atoms with Crippen LogP contribution in [0, 0.1) is 0 Å². The number of nitrogens with zero attached hydrogens (tertiary/aromatic N) is 1. The topological polar surface area (TPSA) is 76.2 Å². The highest BCUT2D eigenvalue weighted by atomic mass is 16.4. The first kappa shape index (κ1) is 9.67. The zero-order valence-corrected chi connectivity index (χ0v) is 7.34. The second-order valence-electron chi connectivity index (χ2n) is 2.91. The SMILES string of the molecule is CC(c1ccccn1)C(N)C(=O)O. The molecule has 4 heteroatoms. The molecule has 0 aliphatic carbocycles. The number of pyridine rings is 1. The third-order valence-electron chi connectivity index (χ3n) is 1.98. The van der Waals surface area contributed by atoms with Gasteiger partial charge in [-0.05, 0) is 12.1 Å². The molecular weight excluding hydrogens is 168 g/mol. The van der Waals surface area contributed by atoms with E-state index in [1.165, 1.54) is 0 Å². The van der Waals surface area contributed by atoms with Crippen LogP contribution < -0.4 is 5.73 Å². The molecule has 1 rings (SSSR count). The largest absolute Gasteiger partial charge is 0.480 e. The first-order valence-corrected chi connectivity index (χ1v) is 4.02. The number of carboxylic acid groups (broad SMARTS) is 1. The summed E-state index contributed by atoms with van der Waals surface area (Å²) in [6.07, 6.45) is 1.63. The highest BCUT2D eigenvalue weighted by molar-refractivity contribution is 5.74. The third kappa shape index (κ3) is 2.26. The Labute approximate surface area is 76.4 Å². The van der Waals surface area contributed by atoms with Crippen molar-refractivity contribution in [1.82, 2.24) is 4.98 Å². The molecule has 4 nitrogen and oxygen atoms in total. The van der Waals surface area contributed by atoms with E-state index in [0.29, 0.717) is 5.69 Å². The highest BCUT2D eigenvalue weighted by Crippen LogP contribution is 2.14. The minimum absolute atomic E-state index is 0.265. The van der Waals surface area contributed by atoms with Crippen molar-refractivity contribution in [2.45, 2.75) is 18.9 Å². The van der Waals surface area contributed by atoms with E-state index in [0.717, 1.165) is 0 Å². The predicted molar refractivity (Wildman–Crippen MR) is 48.3 cm³/mol. The van der Waals surface area contributed by atoms with Gasteiger partial charge in [-0.15, -0.1) is 0 Å². The molecule has 0 saturated carbocycles. The molecule has 0 amide bonds. The van der Waals surface area contributed by atoms with E-state index in [4.69, 9.17) is 10.8 Å². The Balaban J connectivity index is 2.79. The van der Waals surface area contributed by atoms with Crippen molar-refractivity contribution < 1.29 is 9.90 Å². The van der Waals surface area contributed by atoms with E-state index in [-0.39, 0.29) is 5.92 Å². The van der Waals surface area contributed by atoms with Crippen molar-refractivity contribution >= 4 is 5.97 Å². The maximum atomic E-state index is 10.6. The molecule has 1 heterocycles. The molecule has 0 bridgehead atoms. The average molecular weight is 180 g/mol. The van der Waals surface area contributed by atoms with Crippen molar-refractivity contribution in [2.75, 3.05) is 0 Å². The lowest BCUT2D eigenvalue weighted by molar-refractivity contribution is -0.139. The van der Waals surface area contributed by atoms with Crippen LogP contribution in [0.4, 0.5) is 0 Å². The van der Waals surface area contributed by atoms with Crippen molar-refractivity contribution in [3.63, 3.8) is 0 Å². The van der Waals surface area contributed by atoms with E-state index in [1.807, 2.05) is 6.07 Å².